The van der Waals surface area contributed by atoms with E-state index in [2.05, 4.69) is 211 Å². The van der Waals surface area contributed by atoms with Crippen molar-refractivity contribution in [3.05, 3.63) is 243 Å². The number of para-hydroxylation sites is 2. The topological polar surface area (TPSA) is 43.6 Å². The van der Waals surface area contributed by atoms with E-state index in [0.717, 1.165) is 61.3 Å². The normalized spacial score (nSPS) is 11.5. The summed E-state index contributed by atoms with van der Waals surface area (Å²) in [5.74, 6) is 1.87. The van der Waals surface area contributed by atoms with Crippen LogP contribution in [0.5, 0.6) is 0 Å². The number of thiophene rings is 1. The van der Waals surface area contributed by atoms with Crippen molar-refractivity contribution in [2.75, 3.05) is 0 Å². The Labute approximate surface area is 397 Å². The lowest BCUT2D eigenvalue weighted by atomic mass is 9.88. The van der Waals surface area contributed by atoms with Crippen LogP contribution in [-0.2, 0) is 0 Å². The highest BCUT2D eigenvalue weighted by molar-refractivity contribution is 7.26. The molecule has 0 aliphatic heterocycles. The SMILES string of the molecule is c1ccc(-c2ccc(-c3ccccc3)c(-c3ccc(-c4ccc5c(c4)sc4cc6c(cc45)c4ccccc4n6-c4ccccc4)c(-c4nc(-c5ccccc5)nc(-c5ccccc5)n4)c3)c2)cc1. The number of benzene rings is 10. The van der Waals surface area contributed by atoms with E-state index in [1.165, 1.54) is 47.5 Å². The first-order valence-corrected chi connectivity index (χ1v) is 23.7. The molecule has 3 aromatic heterocycles. The molecule has 318 valence electrons. The zero-order chi connectivity index (χ0) is 45.0. The van der Waals surface area contributed by atoms with Crippen LogP contribution in [0.4, 0.5) is 0 Å². The van der Waals surface area contributed by atoms with E-state index >= 15 is 0 Å². The first kappa shape index (κ1) is 39.6. The van der Waals surface area contributed by atoms with Crippen molar-refractivity contribution in [1.82, 2.24) is 19.5 Å². The van der Waals surface area contributed by atoms with Crippen molar-refractivity contribution in [3.8, 4) is 84.4 Å². The summed E-state index contributed by atoms with van der Waals surface area (Å²) in [6.45, 7) is 0. The van der Waals surface area contributed by atoms with E-state index in [-0.39, 0.29) is 0 Å². The highest BCUT2D eigenvalue weighted by Crippen LogP contribution is 2.45. The van der Waals surface area contributed by atoms with Crippen LogP contribution in [0.1, 0.15) is 0 Å². The number of aromatic nitrogens is 4. The number of rotatable bonds is 8. The van der Waals surface area contributed by atoms with Crippen molar-refractivity contribution in [2.45, 2.75) is 0 Å². The largest absolute Gasteiger partial charge is 0.309 e. The van der Waals surface area contributed by atoms with Gasteiger partial charge in [0.25, 0.3) is 0 Å². The van der Waals surface area contributed by atoms with Crippen molar-refractivity contribution in [2.24, 2.45) is 0 Å². The maximum atomic E-state index is 5.32. The molecule has 0 amide bonds. The fourth-order valence-corrected chi connectivity index (χ4v) is 11.0. The number of nitrogens with zero attached hydrogens (tertiary/aromatic N) is 4. The molecule has 0 aliphatic rings. The van der Waals surface area contributed by atoms with Crippen LogP contribution in [-0.4, -0.2) is 19.5 Å². The Kier molecular flexibility index (Phi) is 9.66. The summed E-state index contributed by atoms with van der Waals surface area (Å²) in [5.41, 5.74) is 15.3. The van der Waals surface area contributed by atoms with Crippen LogP contribution in [0, 0.1) is 0 Å². The maximum absolute atomic E-state index is 5.32. The number of hydrogen-bond donors (Lipinski definition) is 0. The molecule has 0 N–H and O–H groups in total. The van der Waals surface area contributed by atoms with Gasteiger partial charge < -0.3 is 4.57 Å². The van der Waals surface area contributed by atoms with Crippen LogP contribution < -0.4 is 0 Å². The van der Waals surface area contributed by atoms with E-state index < -0.39 is 0 Å². The number of hydrogen-bond acceptors (Lipinski definition) is 4. The Morgan fingerprint density at radius 1 is 0.265 bits per heavy atom. The van der Waals surface area contributed by atoms with Gasteiger partial charge in [0, 0.05) is 53.3 Å². The average molecular weight is 885 g/mol. The van der Waals surface area contributed by atoms with Gasteiger partial charge in [-0.05, 0) is 93.0 Å². The van der Waals surface area contributed by atoms with Crippen molar-refractivity contribution >= 4 is 53.3 Å². The molecule has 4 nitrogen and oxygen atoms in total. The molecule has 0 spiro atoms. The monoisotopic (exact) mass is 884 g/mol. The Morgan fingerprint density at radius 2 is 0.765 bits per heavy atom. The molecule has 0 radical (unpaired) electrons. The zero-order valence-electron chi connectivity index (χ0n) is 36.8. The van der Waals surface area contributed by atoms with Gasteiger partial charge in [-0.25, -0.2) is 15.0 Å². The van der Waals surface area contributed by atoms with Gasteiger partial charge in [-0.2, -0.15) is 0 Å². The molecule has 0 atom stereocenters. The highest BCUT2D eigenvalue weighted by Gasteiger charge is 2.21. The third-order valence-corrected chi connectivity index (χ3v) is 14.2. The van der Waals surface area contributed by atoms with Gasteiger partial charge in [0.2, 0.25) is 0 Å². The summed E-state index contributed by atoms with van der Waals surface area (Å²) in [6.07, 6.45) is 0. The molecule has 5 heteroatoms. The standard InChI is InChI=1S/C63H40N4S/c1-6-18-41(19-7-1)45-30-33-49(42-20-8-2-9-21-42)53(36-45)46-31-34-50(56(37-46)63-65-61(43-22-10-3-11-23-43)64-62(66-63)44-24-12-4-13-25-44)47-32-35-52-55-39-54-51-28-16-17-29-57(51)67(48-26-14-5-15-27-48)58(54)40-60(55)68-59(52)38-47/h1-40H. The summed E-state index contributed by atoms with van der Waals surface area (Å²) < 4.78 is 4.88. The van der Waals surface area contributed by atoms with Crippen molar-refractivity contribution < 1.29 is 0 Å². The third-order valence-electron chi connectivity index (χ3n) is 13.1. The van der Waals surface area contributed by atoms with Crippen LogP contribution in [0.2, 0.25) is 0 Å². The van der Waals surface area contributed by atoms with Gasteiger partial charge in [-0.15, -0.1) is 11.3 Å². The summed E-state index contributed by atoms with van der Waals surface area (Å²) in [6, 6.07) is 86.5. The first-order chi connectivity index (χ1) is 33.7. The smallest absolute Gasteiger partial charge is 0.164 e. The summed E-state index contributed by atoms with van der Waals surface area (Å²) in [5, 5.41) is 5.01. The lowest BCUT2D eigenvalue weighted by Crippen LogP contribution is -2.01. The second-order valence-corrected chi connectivity index (χ2v) is 18.2. The molecular formula is C63H40N4S. The van der Waals surface area contributed by atoms with Gasteiger partial charge in [-0.1, -0.05) is 194 Å². The molecule has 0 unspecified atom stereocenters. The molecule has 0 bridgehead atoms. The predicted molar refractivity (Wildman–Crippen MR) is 285 cm³/mol. The van der Waals surface area contributed by atoms with Crippen LogP contribution >= 0.6 is 11.3 Å². The summed E-state index contributed by atoms with van der Waals surface area (Å²) >= 11 is 1.84. The first-order valence-electron chi connectivity index (χ1n) is 22.9. The Morgan fingerprint density at radius 3 is 1.44 bits per heavy atom. The molecule has 10 aromatic carbocycles. The molecule has 13 aromatic rings. The van der Waals surface area contributed by atoms with Crippen molar-refractivity contribution in [3.63, 3.8) is 0 Å². The lowest BCUT2D eigenvalue weighted by Gasteiger charge is -2.17. The second kappa shape index (κ2) is 16.6. The van der Waals surface area contributed by atoms with E-state index in [1.807, 2.05) is 47.7 Å². The van der Waals surface area contributed by atoms with Crippen LogP contribution in [0.25, 0.3) is 126 Å². The van der Waals surface area contributed by atoms with Crippen molar-refractivity contribution in [1.29, 1.82) is 0 Å². The highest BCUT2D eigenvalue weighted by atomic mass is 32.1. The van der Waals surface area contributed by atoms with Crippen LogP contribution in [0.3, 0.4) is 0 Å². The minimum atomic E-state index is 0.613. The van der Waals surface area contributed by atoms with Gasteiger partial charge in [0.05, 0.1) is 11.0 Å². The number of fused-ring (bicyclic) bond motifs is 6. The van der Waals surface area contributed by atoms with Crippen LogP contribution in [0.15, 0.2) is 243 Å². The molecule has 0 aliphatic carbocycles. The Balaban J connectivity index is 1.04. The fraction of sp³-hybridized carbons (Fsp3) is 0. The van der Waals surface area contributed by atoms with Gasteiger partial charge in [0.1, 0.15) is 0 Å². The molecule has 0 saturated carbocycles. The molecular weight excluding hydrogens is 845 g/mol. The molecule has 0 fully saturated rings. The predicted octanol–water partition coefficient (Wildman–Crippen LogP) is 17.0. The van der Waals surface area contributed by atoms with E-state index in [1.54, 1.807) is 0 Å². The fourth-order valence-electron chi connectivity index (χ4n) is 9.80. The average Bonchev–Trinajstić information content (AvgIpc) is 3.95. The van der Waals surface area contributed by atoms with Gasteiger partial charge in [-0.3, -0.25) is 0 Å². The molecule has 68 heavy (non-hydrogen) atoms. The van der Waals surface area contributed by atoms with E-state index in [9.17, 15) is 0 Å². The van der Waals surface area contributed by atoms with E-state index in [4.69, 9.17) is 15.0 Å². The van der Waals surface area contributed by atoms with Gasteiger partial charge >= 0.3 is 0 Å². The van der Waals surface area contributed by atoms with E-state index in [0.29, 0.717) is 17.5 Å². The minimum absolute atomic E-state index is 0.613. The quantitative estimate of drug-likeness (QED) is 0.153. The Bertz CT molecular complexity index is 3940. The second-order valence-electron chi connectivity index (χ2n) is 17.2. The lowest BCUT2D eigenvalue weighted by molar-refractivity contribution is 1.07. The maximum Gasteiger partial charge on any atom is 0.164 e. The third kappa shape index (κ3) is 6.96. The Hall–Kier alpha value is -8.77. The molecule has 13 rings (SSSR count). The molecule has 3 heterocycles. The summed E-state index contributed by atoms with van der Waals surface area (Å²) in [7, 11) is 0. The molecule has 0 saturated heterocycles. The summed E-state index contributed by atoms with van der Waals surface area (Å²) in [4.78, 5) is 15.7. The minimum Gasteiger partial charge on any atom is -0.309 e. The zero-order valence-corrected chi connectivity index (χ0v) is 37.6. The van der Waals surface area contributed by atoms with Gasteiger partial charge in [0.15, 0.2) is 17.5 Å².